The first kappa shape index (κ1) is 11.9. The van der Waals surface area contributed by atoms with Gasteiger partial charge in [-0.2, -0.15) is 0 Å². The van der Waals surface area contributed by atoms with Crippen LogP contribution in [-0.4, -0.2) is 35.3 Å². The van der Waals surface area contributed by atoms with Gasteiger partial charge in [0.15, 0.2) is 0 Å². The fourth-order valence-electron chi connectivity index (χ4n) is 3.01. The number of nitrogens with two attached hydrogens (primary N) is 1. The van der Waals surface area contributed by atoms with Crippen molar-refractivity contribution in [3.8, 4) is 0 Å². The summed E-state index contributed by atoms with van der Waals surface area (Å²) in [6.07, 6.45) is 5.69. The van der Waals surface area contributed by atoms with Crippen LogP contribution in [0.1, 0.15) is 24.8 Å². The third kappa shape index (κ3) is 1.97. The van der Waals surface area contributed by atoms with E-state index in [1.807, 2.05) is 12.1 Å². The zero-order valence-electron chi connectivity index (χ0n) is 10.2. The summed E-state index contributed by atoms with van der Waals surface area (Å²) in [5.41, 5.74) is 6.67. The number of hydrogen-bond donors (Lipinski definition) is 1. The number of pyridine rings is 1. The Labute approximate surface area is 112 Å². The topological polar surface area (TPSA) is 51.4 Å². The highest BCUT2D eigenvalue weighted by Crippen LogP contribution is 2.33. The lowest BCUT2D eigenvalue weighted by molar-refractivity contribution is 0.0253. The molecular formula is C13H17N3OS. The molecule has 1 aromatic heterocycles. The zero-order chi connectivity index (χ0) is 12.5. The quantitative estimate of drug-likeness (QED) is 0.819. The molecule has 1 aliphatic heterocycles. The van der Waals surface area contributed by atoms with Crippen molar-refractivity contribution in [2.45, 2.75) is 31.4 Å². The van der Waals surface area contributed by atoms with E-state index in [1.54, 1.807) is 6.20 Å². The average Bonchev–Trinajstić information content (AvgIpc) is 2.86. The molecule has 1 aliphatic carbocycles. The summed E-state index contributed by atoms with van der Waals surface area (Å²) in [4.78, 5) is 7.23. The molecule has 2 atom stereocenters. The molecule has 0 radical (unpaired) electrons. The van der Waals surface area contributed by atoms with Crippen molar-refractivity contribution in [2.75, 3.05) is 18.1 Å². The second kappa shape index (κ2) is 4.82. The van der Waals surface area contributed by atoms with Crippen LogP contribution >= 0.6 is 12.2 Å². The minimum absolute atomic E-state index is 0.347. The molecule has 1 saturated heterocycles. The maximum absolute atomic E-state index is 5.82. The smallest absolute Gasteiger partial charge is 0.139 e. The first-order chi connectivity index (χ1) is 8.77. The molecule has 96 valence electrons. The van der Waals surface area contributed by atoms with Crippen LogP contribution in [0.4, 0.5) is 5.82 Å². The molecule has 3 rings (SSSR count). The van der Waals surface area contributed by atoms with Gasteiger partial charge in [0.1, 0.15) is 10.8 Å². The summed E-state index contributed by atoms with van der Waals surface area (Å²) in [6.45, 7) is 1.63. The lowest BCUT2D eigenvalue weighted by atomic mass is 10.1. The Morgan fingerprint density at radius 1 is 1.50 bits per heavy atom. The summed E-state index contributed by atoms with van der Waals surface area (Å²) in [5.74, 6) is 0.921. The van der Waals surface area contributed by atoms with Crippen LogP contribution in [0.3, 0.4) is 0 Å². The van der Waals surface area contributed by atoms with Gasteiger partial charge in [0, 0.05) is 12.7 Å². The molecule has 0 amide bonds. The highest BCUT2D eigenvalue weighted by molar-refractivity contribution is 7.80. The van der Waals surface area contributed by atoms with Crippen molar-refractivity contribution in [2.24, 2.45) is 5.73 Å². The molecule has 18 heavy (non-hydrogen) atoms. The van der Waals surface area contributed by atoms with Gasteiger partial charge in [-0.3, -0.25) is 0 Å². The van der Waals surface area contributed by atoms with Gasteiger partial charge < -0.3 is 15.4 Å². The van der Waals surface area contributed by atoms with Crippen LogP contribution in [0.5, 0.6) is 0 Å². The van der Waals surface area contributed by atoms with Crippen LogP contribution < -0.4 is 10.6 Å². The van der Waals surface area contributed by atoms with Crippen molar-refractivity contribution in [1.29, 1.82) is 0 Å². The molecule has 2 unspecified atom stereocenters. The first-order valence-corrected chi connectivity index (χ1v) is 6.81. The van der Waals surface area contributed by atoms with Gasteiger partial charge in [0.2, 0.25) is 0 Å². The monoisotopic (exact) mass is 263 g/mol. The number of morpholine rings is 1. The van der Waals surface area contributed by atoms with Gasteiger partial charge >= 0.3 is 0 Å². The molecule has 1 aromatic rings. The summed E-state index contributed by atoms with van der Waals surface area (Å²) in [6, 6.07) is 4.26. The predicted molar refractivity (Wildman–Crippen MR) is 74.8 cm³/mol. The fraction of sp³-hybridized carbons (Fsp3) is 0.538. The molecule has 2 heterocycles. The first-order valence-electron chi connectivity index (χ1n) is 6.40. The SMILES string of the molecule is NC(=S)c1cccnc1N1CCOC2CCCC21. The molecule has 2 aliphatic rings. The number of thiocarbonyl (C=S) groups is 1. The van der Waals surface area contributed by atoms with Gasteiger partial charge in [-0.25, -0.2) is 4.98 Å². The highest BCUT2D eigenvalue weighted by Gasteiger charge is 2.37. The van der Waals surface area contributed by atoms with E-state index in [-0.39, 0.29) is 0 Å². The minimum atomic E-state index is 0.347. The molecule has 0 bridgehead atoms. The van der Waals surface area contributed by atoms with E-state index in [0.717, 1.165) is 37.4 Å². The molecular weight excluding hydrogens is 246 g/mol. The molecule has 2 N–H and O–H groups in total. The maximum Gasteiger partial charge on any atom is 0.139 e. The Balaban J connectivity index is 1.96. The maximum atomic E-state index is 5.82. The second-order valence-corrected chi connectivity index (χ2v) is 5.28. The van der Waals surface area contributed by atoms with Gasteiger partial charge in [-0.05, 0) is 31.4 Å². The number of fused-ring (bicyclic) bond motifs is 1. The Hall–Kier alpha value is -1.20. The fourth-order valence-corrected chi connectivity index (χ4v) is 3.17. The van der Waals surface area contributed by atoms with Crippen molar-refractivity contribution in [3.05, 3.63) is 23.9 Å². The van der Waals surface area contributed by atoms with Crippen LogP contribution in [-0.2, 0) is 4.74 Å². The number of nitrogens with zero attached hydrogens (tertiary/aromatic N) is 2. The lowest BCUT2D eigenvalue weighted by Crippen LogP contribution is -2.49. The Kier molecular flexibility index (Phi) is 3.18. The molecule has 0 spiro atoms. The van der Waals surface area contributed by atoms with E-state index in [1.165, 1.54) is 6.42 Å². The molecule has 2 fully saturated rings. The van der Waals surface area contributed by atoms with E-state index in [4.69, 9.17) is 22.7 Å². The second-order valence-electron chi connectivity index (χ2n) is 4.84. The Morgan fingerprint density at radius 2 is 2.39 bits per heavy atom. The Morgan fingerprint density at radius 3 is 3.22 bits per heavy atom. The third-order valence-corrected chi connectivity index (χ3v) is 4.03. The third-order valence-electron chi connectivity index (χ3n) is 3.81. The van der Waals surface area contributed by atoms with Crippen LogP contribution in [0.2, 0.25) is 0 Å². The van der Waals surface area contributed by atoms with E-state index in [0.29, 0.717) is 17.1 Å². The molecule has 1 saturated carbocycles. The lowest BCUT2D eigenvalue weighted by Gasteiger charge is -2.39. The van der Waals surface area contributed by atoms with Crippen LogP contribution in [0.15, 0.2) is 18.3 Å². The summed E-state index contributed by atoms with van der Waals surface area (Å²) < 4.78 is 5.82. The number of anilines is 1. The van der Waals surface area contributed by atoms with Crippen LogP contribution in [0.25, 0.3) is 0 Å². The van der Waals surface area contributed by atoms with Crippen molar-refractivity contribution in [3.63, 3.8) is 0 Å². The van der Waals surface area contributed by atoms with Crippen molar-refractivity contribution >= 4 is 23.0 Å². The zero-order valence-corrected chi connectivity index (χ0v) is 11.0. The number of ether oxygens (including phenoxy) is 1. The molecule has 5 heteroatoms. The summed E-state index contributed by atoms with van der Waals surface area (Å²) in [7, 11) is 0. The number of hydrogen-bond acceptors (Lipinski definition) is 4. The highest BCUT2D eigenvalue weighted by atomic mass is 32.1. The summed E-state index contributed by atoms with van der Waals surface area (Å²) >= 11 is 5.12. The molecule has 4 nitrogen and oxygen atoms in total. The van der Waals surface area contributed by atoms with Gasteiger partial charge in [0.25, 0.3) is 0 Å². The Bertz CT molecular complexity index is 465. The van der Waals surface area contributed by atoms with E-state index in [2.05, 4.69) is 9.88 Å². The van der Waals surface area contributed by atoms with Crippen LogP contribution in [0, 0.1) is 0 Å². The summed E-state index contributed by atoms with van der Waals surface area (Å²) in [5, 5.41) is 0. The predicted octanol–water partition coefficient (Wildman–Crippen LogP) is 1.47. The van der Waals surface area contributed by atoms with Gasteiger partial charge in [-0.15, -0.1) is 0 Å². The minimum Gasteiger partial charge on any atom is -0.389 e. The number of rotatable bonds is 2. The van der Waals surface area contributed by atoms with Crippen molar-refractivity contribution < 1.29 is 4.74 Å². The van der Waals surface area contributed by atoms with E-state index in [9.17, 15) is 0 Å². The molecule has 0 aromatic carbocycles. The van der Waals surface area contributed by atoms with Crippen molar-refractivity contribution in [1.82, 2.24) is 4.98 Å². The normalized spacial score (nSPS) is 27.0. The average molecular weight is 263 g/mol. The number of aromatic nitrogens is 1. The standard InChI is InChI=1S/C13H17N3OS/c14-12(18)9-3-2-6-15-13(9)16-7-8-17-11-5-1-4-10(11)16/h2-3,6,10-11H,1,4-5,7-8H2,(H2,14,18). The van der Waals surface area contributed by atoms with E-state index < -0.39 is 0 Å². The van der Waals surface area contributed by atoms with E-state index >= 15 is 0 Å². The largest absolute Gasteiger partial charge is 0.389 e. The van der Waals surface area contributed by atoms with Gasteiger partial charge in [-0.1, -0.05) is 12.2 Å². The van der Waals surface area contributed by atoms with Gasteiger partial charge in [0.05, 0.1) is 24.3 Å².